The lowest BCUT2D eigenvalue weighted by molar-refractivity contribution is 0.643. The minimum atomic E-state index is 0.237. The lowest BCUT2D eigenvalue weighted by Crippen LogP contribution is -2.15. The molecule has 1 atom stereocenters. The third-order valence-electron chi connectivity index (χ3n) is 3.47. The van der Waals surface area contributed by atoms with Crippen LogP contribution < -0.4 is 5.32 Å². The Kier molecular flexibility index (Phi) is 3.54. The number of para-hydroxylation sites is 1. The molecule has 1 heterocycles. The maximum absolute atomic E-state index is 4.30. The van der Waals surface area contributed by atoms with Gasteiger partial charge < -0.3 is 5.32 Å². The van der Waals surface area contributed by atoms with Crippen LogP contribution in [0.25, 0.3) is 16.7 Å². The average molecular weight is 331 g/mol. The van der Waals surface area contributed by atoms with Crippen molar-refractivity contribution in [3.05, 3.63) is 52.5 Å². The number of hydrogen-bond donors (Lipinski definition) is 1. The van der Waals surface area contributed by atoms with Gasteiger partial charge in [0.2, 0.25) is 0 Å². The average Bonchev–Trinajstić information content (AvgIpc) is 2.90. The van der Waals surface area contributed by atoms with Gasteiger partial charge in [-0.15, -0.1) is 5.10 Å². The lowest BCUT2D eigenvalue weighted by atomic mass is 10.1. The largest absolute Gasteiger partial charge is 0.313 e. The zero-order chi connectivity index (χ0) is 14.1. The van der Waals surface area contributed by atoms with Crippen LogP contribution in [0.15, 0.2) is 46.9 Å². The molecular formula is C15H15BrN4. The molecule has 102 valence electrons. The molecule has 0 radical (unpaired) electrons. The number of aromatic nitrogens is 3. The van der Waals surface area contributed by atoms with Crippen LogP contribution in [0, 0.1) is 0 Å². The van der Waals surface area contributed by atoms with Crippen molar-refractivity contribution in [3.8, 4) is 5.69 Å². The second kappa shape index (κ2) is 5.34. The Balaban J connectivity index is 2.25. The molecule has 0 amide bonds. The van der Waals surface area contributed by atoms with Gasteiger partial charge >= 0.3 is 0 Å². The summed E-state index contributed by atoms with van der Waals surface area (Å²) in [5.74, 6) is 0. The van der Waals surface area contributed by atoms with Crippen LogP contribution in [0.1, 0.15) is 18.5 Å². The predicted octanol–water partition coefficient (Wildman–Crippen LogP) is 3.46. The molecule has 3 rings (SSSR count). The minimum absolute atomic E-state index is 0.237. The quantitative estimate of drug-likeness (QED) is 0.799. The molecule has 20 heavy (non-hydrogen) atoms. The number of fused-ring (bicyclic) bond motifs is 1. The molecule has 0 fully saturated rings. The SMILES string of the molecule is CNC(C)c1ccc(Br)cc1-n1nnc2ccccc21. The number of nitrogens with one attached hydrogen (secondary N) is 1. The molecule has 1 N–H and O–H groups in total. The normalized spacial score (nSPS) is 12.8. The van der Waals surface area contributed by atoms with Crippen molar-refractivity contribution in [2.75, 3.05) is 7.05 Å². The summed E-state index contributed by atoms with van der Waals surface area (Å²) < 4.78 is 2.92. The fraction of sp³-hybridized carbons (Fsp3) is 0.200. The third kappa shape index (κ3) is 2.23. The smallest absolute Gasteiger partial charge is 0.113 e. The first-order valence-corrected chi connectivity index (χ1v) is 7.27. The molecule has 0 aliphatic heterocycles. The summed E-state index contributed by atoms with van der Waals surface area (Å²) in [6.45, 7) is 2.13. The highest BCUT2D eigenvalue weighted by Gasteiger charge is 2.14. The third-order valence-corrected chi connectivity index (χ3v) is 3.97. The van der Waals surface area contributed by atoms with Crippen LogP contribution in [0.5, 0.6) is 0 Å². The lowest BCUT2D eigenvalue weighted by Gasteiger charge is -2.16. The fourth-order valence-corrected chi connectivity index (χ4v) is 2.62. The van der Waals surface area contributed by atoms with Gasteiger partial charge in [0, 0.05) is 10.5 Å². The Morgan fingerprint density at radius 3 is 2.80 bits per heavy atom. The highest BCUT2D eigenvalue weighted by molar-refractivity contribution is 9.10. The molecule has 0 spiro atoms. The van der Waals surface area contributed by atoms with Gasteiger partial charge in [0.25, 0.3) is 0 Å². The Labute approximate surface area is 125 Å². The van der Waals surface area contributed by atoms with E-state index in [0.29, 0.717) is 0 Å². The van der Waals surface area contributed by atoms with Crippen molar-refractivity contribution in [1.29, 1.82) is 0 Å². The highest BCUT2D eigenvalue weighted by Crippen LogP contribution is 2.27. The van der Waals surface area contributed by atoms with E-state index in [-0.39, 0.29) is 6.04 Å². The molecule has 0 aliphatic carbocycles. The molecule has 0 bridgehead atoms. The van der Waals surface area contributed by atoms with Crippen LogP contribution in [-0.4, -0.2) is 22.0 Å². The number of nitrogens with zero attached hydrogens (tertiary/aromatic N) is 3. The molecule has 0 saturated carbocycles. The first-order valence-electron chi connectivity index (χ1n) is 6.48. The minimum Gasteiger partial charge on any atom is -0.313 e. The molecule has 2 aromatic carbocycles. The van der Waals surface area contributed by atoms with E-state index in [1.807, 2.05) is 42.1 Å². The molecular weight excluding hydrogens is 316 g/mol. The van der Waals surface area contributed by atoms with E-state index in [0.717, 1.165) is 21.2 Å². The fourth-order valence-electron chi connectivity index (χ4n) is 2.27. The van der Waals surface area contributed by atoms with Crippen molar-refractivity contribution in [3.63, 3.8) is 0 Å². The van der Waals surface area contributed by atoms with Crippen molar-refractivity contribution < 1.29 is 0 Å². The van der Waals surface area contributed by atoms with Gasteiger partial charge in [-0.25, -0.2) is 4.68 Å². The summed E-state index contributed by atoms with van der Waals surface area (Å²) in [4.78, 5) is 0. The zero-order valence-electron chi connectivity index (χ0n) is 11.3. The maximum Gasteiger partial charge on any atom is 0.113 e. The second-order valence-electron chi connectivity index (χ2n) is 4.70. The Morgan fingerprint density at radius 2 is 2.00 bits per heavy atom. The van der Waals surface area contributed by atoms with Crippen LogP contribution >= 0.6 is 15.9 Å². The van der Waals surface area contributed by atoms with E-state index in [1.165, 1.54) is 5.56 Å². The van der Waals surface area contributed by atoms with Crippen molar-refractivity contribution >= 4 is 27.0 Å². The van der Waals surface area contributed by atoms with Gasteiger partial charge in [-0.3, -0.25) is 0 Å². The van der Waals surface area contributed by atoms with E-state index >= 15 is 0 Å². The van der Waals surface area contributed by atoms with Gasteiger partial charge in [0.05, 0.1) is 11.2 Å². The summed E-state index contributed by atoms with van der Waals surface area (Å²) in [6.07, 6.45) is 0. The van der Waals surface area contributed by atoms with E-state index < -0.39 is 0 Å². The number of benzene rings is 2. The molecule has 0 saturated heterocycles. The Hall–Kier alpha value is -1.72. The summed E-state index contributed by atoms with van der Waals surface area (Å²) in [7, 11) is 1.95. The Morgan fingerprint density at radius 1 is 1.20 bits per heavy atom. The monoisotopic (exact) mass is 330 g/mol. The van der Waals surface area contributed by atoms with E-state index in [4.69, 9.17) is 0 Å². The molecule has 1 aromatic heterocycles. The summed E-state index contributed by atoms with van der Waals surface area (Å²) >= 11 is 3.54. The van der Waals surface area contributed by atoms with E-state index in [1.54, 1.807) is 0 Å². The van der Waals surface area contributed by atoms with Gasteiger partial charge in [-0.2, -0.15) is 0 Å². The van der Waals surface area contributed by atoms with E-state index in [2.05, 4.69) is 50.6 Å². The summed E-state index contributed by atoms with van der Waals surface area (Å²) in [6, 6.07) is 14.4. The standard InChI is InChI=1S/C15H15BrN4/c1-10(17-2)12-8-7-11(16)9-15(12)20-14-6-4-3-5-13(14)18-19-20/h3-10,17H,1-2H3. The van der Waals surface area contributed by atoms with Gasteiger partial charge in [-0.05, 0) is 43.8 Å². The highest BCUT2D eigenvalue weighted by atomic mass is 79.9. The van der Waals surface area contributed by atoms with Crippen LogP contribution in [0.2, 0.25) is 0 Å². The summed E-state index contributed by atoms with van der Waals surface area (Å²) in [5.41, 5.74) is 4.13. The predicted molar refractivity (Wildman–Crippen MR) is 84.0 cm³/mol. The number of hydrogen-bond acceptors (Lipinski definition) is 3. The Bertz CT molecular complexity index is 750. The van der Waals surface area contributed by atoms with Crippen molar-refractivity contribution in [1.82, 2.24) is 20.3 Å². The first kappa shape index (κ1) is 13.3. The van der Waals surface area contributed by atoms with Crippen LogP contribution in [-0.2, 0) is 0 Å². The van der Waals surface area contributed by atoms with Crippen LogP contribution in [0.4, 0.5) is 0 Å². The molecule has 4 nitrogen and oxygen atoms in total. The number of rotatable bonds is 3. The zero-order valence-corrected chi connectivity index (χ0v) is 12.9. The van der Waals surface area contributed by atoms with Crippen molar-refractivity contribution in [2.24, 2.45) is 0 Å². The first-order chi connectivity index (χ1) is 9.70. The molecule has 5 heteroatoms. The van der Waals surface area contributed by atoms with Gasteiger partial charge in [-0.1, -0.05) is 39.3 Å². The summed E-state index contributed by atoms with van der Waals surface area (Å²) in [5, 5.41) is 11.8. The molecule has 1 unspecified atom stereocenters. The van der Waals surface area contributed by atoms with E-state index in [9.17, 15) is 0 Å². The van der Waals surface area contributed by atoms with Gasteiger partial charge in [0.15, 0.2) is 0 Å². The van der Waals surface area contributed by atoms with Gasteiger partial charge in [0.1, 0.15) is 5.52 Å². The molecule has 0 aliphatic rings. The van der Waals surface area contributed by atoms with Crippen LogP contribution in [0.3, 0.4) is 0 Å². The molecule has 3 aromatic rings. The number of halogens is 1. The van der Waals surface area contributed by atoms with Crippen molar-refractivity contribution in [2.45, 2.75) is 13.0 Å². The maximum atomic E-state index is 4.30. The topological polar surface area (TPSA) is 42.7 Å². The second-order valence-corrected chi connectivity index (χ2v) is 5.62.